The maximum atomic E-state index is 13.1. The van der Waals surface area contributed by atoms with E-state index >= 15 is 0 Å². The quantitative estimate of drug-likeness (QED) is 0.942. The summed E-state index contributed by atoms with van der Waals surface area (Å²) in [6, 6.07) is 5.39. The van der Waals surface area contributed by atoms with Crippen LogP contribution in [-0.4, -0.2) is 22.8 Å². The summed E-state index contributed by atoms with van der Waals surface area (Å²) >= 11 is 0. The number of aromatic nitrogens is 2. The van der Waals surface area contributed by atoms with E-state index in [4.69, 9.17) is 4.74 Å². The molecule has 0 spiro atoms. The zero-order valence-corrected chi connectivity index (χ0v) is 12.5. The van der Waals surface area contributed by atoms with Crippen molar-refractivity contribution in [1.82, 2.24) is 9.78 Å². The van der Waals surface area contributed by atoms with E-state index in [2.05, 4.69) is 10.4 Å². The molecule has 1 aromatic heterocycles. The molecule has 6 heteroatoms. The van der Waals surface area contributed by atoms with Gasteiger partial charge in [-0.3, -0.25) is 9.48 Å². The van der Waals surface area contributed by atoms with Gasteiger partial charge in [0.05, 0.1) is 18.5 Å². The van der Waals surface area contributed by atoms with Crippen LogP contribution in [0.1, 0.15) is 24.4 Å². The highest BCUT2D eigenvalue weighted by Crippen LogP contribution is 2.26. The Bertz CT molecular complexity index is 667. The SMILES string of the molecule is COc1cc(F)ccc1NC(=O)C(C)n1nc(C)cc1C. The minimum Gasteiger partial charge on any atom is -0.494 e. The van der Waals surface area contributed by atoms with Crippen molar-refractivity contribution in [3.8, 4) is 5.75 Å². The van der Waals surface area contributed by atoms with Crippen LogP contribution in [0.2, 0.25) is 0 Å². The molecule has 1 unspecified atom stereocenters. The molecule has 1 atom stereocenters. The van der Waals surface area contributed by atoms with Crippen molar-refractivity contribution in [2.24, 2.45) is 0 Å². The first-order chi connectivity index (χ1) is 9.92. The zero-order valence-electron chi connectivity index (χ0n) is 12.5. The van der Waals surface area contributed by atoms with Gasteiger partial charge in [0.2, 0.25) is 5.91 Å². The molecule has 112 valence electrons. The average Bonchev–Trinajstić information content (AvgIpc) is 2.78. The Hall–Kier alpha value is -2.37. The third-order valence-corrected chi connectivity index (χ3v) is 3.21. The van der Waals surface area contributed by atoms with Gasteiger partial charge in [-0.1, -0.05) is 0 Å². The van der Waals surface area contributed by atoms with E-state index in [-0.39, 0.29) is 11.7 Å². The second-order valence-electron chi connectivity index (χ2n) is 4.88. The monoisotopic (exact) mass is 291 g/mol. The summed E-state index contributed by atoms with van der Waals surface area (Å²) in [6.07, 6.45) is 0. The molecule has 2 rings (SSSR count). The number of nitrogens with zero attached hydrogens (tertiary/aromatic N) is 2. The van der Waals surface area contributed by atoms with E-state index < -0.39 is 11.9 Å². The maximum Gasteiger partial charge on any atom is 0.249 e. The zero-order chi connectivity index (χ0) is 15.6. The molecule has 0 fully saturated rings. The molecule has 21 heavy (non-hydrogen) atoms. The second kappa shape index (κ2) is 5.95. The first-order valence-corrected chi connectivity index (χ1v) is 6.59. The molecule has 1 N–H and O–H groups in total. The molecule has 0 bridgehead atoms. The number of nitrogens with one attached hydrogen (secondary N) is 1. The first kappa shape index (κ1) is 15.0. The second-order valence-corrected chi connectivity index (χ2v) is 4.88. The van der Waals surface area contributed by atoms with Crippen LogP contribution in [0.5, 0.6) is 5.75 Å². The van der Waals surface area contributed by atoms with Crippen molar-refractivity contribution in [2.45, 2.75) is 26.8 Å². The number of methoxy groups -OCH3 is 1. The summed E-state index contributed by atoms with van der Waals surface area (Å²) < 4.78 is 19.9. The summed E-state index contributed by atoms with van der Waals surface area (Å²) in [5, 5.41) is 7.03. The van der Waals surface area contributed by atoms with Crippen LogP contribution >= 0.6 is 0 Å². The van der Waals surface area contributed by atoms with Crippen molar-refractivity contribution in [3.05, 3.63) is 41.5 Å². The number of hydrogen-bond acceptors (Lipinski definition) is 3. The average molecular weight is 291 g/mol. The van der Waals surface area contributed by atoms with E-state index in [9.17, 15) is 9.18 Å². The predicted octanol–water partition coefficient (Wildman–Crippen LogP) is 2.85. The van der Waals surface area contributed by atoms with Gasteiger partial charge >= 0.3 is 0 Å². The van der Waals surface area contributed by atoms with Crippen molar-refractivity contribution >= 4 is 11.6 Å². The lowest BCUT2D eigenvalue weighted by molar-refractivity contribution is -0.119. The van der Waals surface area contributed by atoms with Crippen LogP contribution in [-0.2, 0) is 4.79 Å². The van der Waals surface area contributed by atoms with Crippen molar-refractivity contribution in [3.63, 3.8) is 0 Å². The molecule has 1 heterocycles. The number of ether oxygens (including phenoxy) is 1. The third kappa shape index (κ3) is 3.21. The normalized spacial score (nSPS) is 12.0. The molecular formula is C15H18FN3O2. The molecular weight excluding hydrogens is 273 g/mol. The van der Waals surface area contributed by atoms with Gasteiger partial charge in [0, 0.05) is 11.8 Å². The third-order valence-electron chi connectivity index (χ3n) is 3.21. The smallest absolute Gasteiger partial charge is 0.249 e. The van der Waals surface area contributed by atoms with Crippen molar-refractivity contribution in [2.75, 3.05) is 12.4 Å². The van der Waals surface area contributed by atoms with Gasteiger partial charge in [0.1, 0.15) is 17.6 Å². The van der Waals surface area contributed by atoms with Crippen LogP contribution in [0.3, 0.4) is 0 Å². The number of halogens is 1. The topological polar surface area (TPSA) is 56.1 Å². The van der Waals surface area contributed by atoms with Gasteiger partial charge in [-0.05, 0) is 39.0 Å². The number of hydrogen-bond donors (Lipinski definition) is 1. The van der Waals surface area contributed by atoms with E-state index in [0.29, 0.717) is 5.69 Å². The fourth-order valence-corrected chi connectivity index (χ4v) is 2.15. The molecule has 1 amide bonds. The largest absolute Gasteiger partial charge is 0.494 e. The van der Waals surface area contributed by atoms with Crippen molar-refractivity contribution < 1.29 is 13.9 Å². The fourth-order valence-electron chi connectivity index (χ4n) is 2.15. The van der Waals surface area contributed by atoms with E-state index in [1.165, 1.54) is 25.3 Å². The molecule has 5 nitrogen and oxygen atoms in total. The molecule has 1 aromatic carbocycles. The van der Waals surface area contributed by atoms with Crippen LogP contribution in [0.4, 0.5) is 10.1 Å². The standard InChI is InChI=1S/C15H18FN3O2/c1-9-7-10(2)19(18-9)11(3)15(20)17-13-6-5-12(16)8-14(13)21-4/h5-8,11H,1-4H3,(H,17,20). The molecule has 0 aliphatic heterocycles. The van der Waals surface area contributed by atoms with E-state index in [1.54, 1.807) is 11.6 Å². The minimum absolute atomic E-state index is 0.244. The van der Waals surface area contributed by atoms with Crippen LogP contribution in [0, 0.1) is 19.7 Å². The Morgan fingerprint density at radius 2 is 2.10 bits per heavy atom. The molecule has 0 saturated heterocycles. The molecule has 2 aromatic rings. The lowest BCUT2D eigenvalue weighted by Gasteiger charge is -2.16. The van der Waals surface area contributed by atoms with E-state index in [0.717, 1.165) is 11.4 Å². The van der Waals surface area contributed by atoms with Gasteiger partial charge in [-0.25, -0.2) is 4.39 Å². The number of carbonyl (C=O) groups excluding carboxylic acids is 1. The Morgan fingerprint density at radius 3 is 2.67 bits per heavy atom. The lowest BCUT2D eigenvalue weighted by Crippen LogP contribution is -2.25. The number of benzene rings is 1. The predicted molar refractivity (Wildman–Crippen MR) is 78.0 cm³/mol. The summed E-state index contributed by atoms with van der Waals surface area (Å²) in [4.78, 5) is 12.3. The highest BCUT2D eigenvalue weighted by atomic mass is 19.1. The first-order valence-electron chi connectivity index (χ1n) is 6.59. The Kier molecular flexibility index (Phi) is 4.26. The fraction of sp³-hybridized carbons (Fsp3) is 0.333. The van der Waals surface area contributed by atoms with Crippen LogP contribution in [0.25, 0.3) is 0 Å². The minimum atomic E-state index is -0.478. The molecule has 0 saturated carbocycles. The number of anilines is 1. The summed E-state index contributed by atoms with van der Waals surface area (Å²) in [5.41, 5.74) is 2.19. The van der Waals surface area contributed by atoms with Crippen LogP contribution < -0.4 is 10.1 Å². The number of rotatable bonds is 4. The highest BCUT2D eigenvalue weighted by Gasteiger charge is 2.19. The van der Waals surface area contributed by atoms with Crippen LogP contribution in [0.15, 0.2) is 24.3 Å². The number of aryl methyl sites for hydroxylation is 2. The molecule has 0 radical (unpaired) electrons. The Labute approximate surface area is 122 Å². The highest BCUT2D eigenvalue weighted by molar-refractivity contribution is 5.94. The molecule has 0 aliphatic carbocycles. The Morgan fingerprint density at radius 1 is 1.38 bits per heavy atom. The maximum absolute atomic E-state index is 13.1. The summed E-state index contributed by atoms with van der Waals surface area (Å²) in [7, 11) is 1.43. The number of amides is 1. The van der Waals surface area contributed by atoms with E-state index in [1.807, 2.05) is 19.9 Å². The van der Waals surface area contributed by atoms with Gasteiger partial charge in [-0.15, -0.1) is 0 Å². The molecule has 0 aliphatic rings. The van der Waals surface area contributed by atoms with Gasteiger partial charge in [0.25, 0.3) is 0 Å². The van der Waals surface area contributed by atoms with Crippen molar-refractivity contribution in [1.29, 1.82) is 0 Å². The Balaban J connectivity index is 2.20. The lowest BCUT2D eigenvalue weighted by atomic mass is 10.2. The van der Waals surface area contributed by atoms with Gasteiger partial charge in [-0.2, -0.15) is 5.10 Å². The number of carbonyl (C=O) groups is 1. The van der Waals surface area contributed by atoms with Gasteiger partial charge in [0.15, 0.2) is 0 Å². The van der Waals surface area contributed by atoms with Gasteiger partial charge < -0.3 is 10.1 Å². The summed E-state index contributed by atoms with van der Waals surface area (Å²) in [5.74, 6) is -0.383. The summed E-state index contributed by atoms with van der Waals surface area (Å²) in [6.45, 7) is 5.52.